The van der Waals surface area contributed by atoms with Gasteiger partial charge in [0.25, 0.3) is 0 Å². The Hall–Kier alpha value is -3.57. The van der Waals surface area contributed by atoms with E-state index in [0.717, 1.165) is 28.2 Å². The number of fused-ring (bicyclic) bond motifs is 1. The zero-order valence-corrected chi connectivity index (χ0v) is 16.9. The lowest BCUT2D eigenvalue weighted by atomic mass is 10.2. The lowest BCUT2D eigenvalue weighted by molar-refractivity contribution is -0.116. The number of nitrogens with zero attached hydrogens (tertiary/aromatic N) is 2. The van der Waals surface area contributed by atoms with E-state index in [0.29, 0.717) is 18.3 Å². The first-order valence-corrected chi connectivity index (χ1v) is 9.90. The second kappa shape index (κ2) is 9.29. The zero-order chi connectivity index (χ0) is 20.8. The van der Waals surface area contributed by atoms with Crippen LogP contribution in [-0.2, 0) is 17.9 Å². The van der Waals surface area contributed by atoms with Gasteiger partial charge in [-0.3, -0.25) is 9.20 Å². The number of carbonyl (C=O) groups excluding carboxylic acids is 1. The third-order valence-electron chi connectivity index (χ3n) is 4.49. The van der Waals surface area contributed by atoms with Gasteiger partial charge < -0.3 is 10.1 Å². The molecule has 0 saturated carbocycles. The van der Waals surface area contributed by atoms with Crippen molar-refractivity contribution >= 4 is 29.2 Å². The monoisotopic (exact) mass is 417 g/mol. The number of benzene rings is 2. The van der Waals surface area contributed by atoms with Crippen molar-refractivity contribution in [1.29, 1.82) is 0 Å². The number of ether oxygens (including phenoxy) is 1. The van der Waals surface area contributed by atoms with Crippen LogP contribution in [0.2, 0.25) is 5.15 Å². The number of nitrogens with one attached hydrogen (secondary N) is 1. The van der Waals surface area contributed by atoms with Crippen LogP contribution in [0, 0.1) is 0 Å². The summed E-state index contributed by atoms with van der Waals surface area (Å²) >= 11 is 6.13. The normalized spacial score (nSPS) is 11.1. The predicted octanol–water partition coefficient (Wildman–Crippen LogP) is 4.90. The summed E-state index contributed by atoms with van der Waals surface area (Å²) in [7, 11) is 0. The van der Waals surface area contributed by atoms with Crippen LogP contribution in [0.15, 0.2) is 85.1 Å². The Morgan fingerprint density at radius 1 is 1.03 bits per heavy atom. The maximum atomic E-state index is 12.1. The van der Waals surface area contributed by atoms with Gasteiger partial charge in [0.15, 0.2) is 0 Å². The molecule has 0 saturated heterocycles. The molecule has 30 heavy (non-hydrogen) atoms. The Kier molecular flexibility index (Phi) is 6.11. The van der Waals surface area contributed by atoms with E-state index in [1.54, 1.807) is 16.5 Å². The highest BCUT2D eigenvalue weighted by atomic mass is 35.5. The maximum absolute atomic E-state index is 12.1. The van der Waals surface area contributed by atoms with E-state index in [1.165, 1.54) is 6.08 Å². The summed E-state index contributed by atoms with van der Waals surface area (Å²) in [5.41, 5.74) is 3.52. The molecule has 0 fully saturated rings. The van der Waals surface area contributed by atoms with Gasteiger partial charge in [-0.2, -0.15) is 0 Å². The highest BCUT2D eigenvalue weighted by Crippen LogP contribution is 2.15. The van der Waals surface area contributed by atoms with Gasteiger partial charge in [0.1, 0.15) is 23.2 Å². The summed E-state index contributed by atoms with van der Waals surface area (Å²) in [6.45, 7) is 0.847. The van der Waals surface area contributed by atoms with E-state index >= 15 is 0 Å². The fraction of sp³-hybridized carbons (Fsp3) is 0.0833. The first kappa shape index (κ1) is 19.7. The molecule has 5 nitrogen and oxygen atoms in total. The van der Waals surface area contributed by atoms with Crippen LogP contribution in [0.4, 0.5) is 0 Å². The second-order valence-electron chi connectivity index (χ2n) is 6.70. The molecule has 0 aliphatic rings. The SMILES string of the molecule is O=C(/C=C/c1ccc(OCc2ccccc2)cc1)NCc1cn2c(Cl)cccc2n1. The van der Waals surface area contributed by atoms with Crippen molar-refractivity contribution in [2.24, 2.45) is 0 Å². The van der Waals surface area contributed by atoms with Crippen molar-refractivity contribution in [2.75, 3.05) is 0 Å². The van der Waals surface area contributed by atoms with Crippen LogP contribution in [0.25, 0.3) is 11.7 Å². The molecule has 2 aromatic carbocycles. The second-order valence-corrected chi connectivity index (χ2v) is 7.09. The molecular weight excluding hydrogens is 398 g/mol. The number of carbonyl (C=O) groups is 1. The van der Waals surface area contributed by atoms with Crippen molar-refractivity contribution in [1.82, 2.24) is 14.7 Å². The molecule has 1 amide bonds. The molecule has 6 heteroatoms. The number of imidazole rings is 1. The quantitative estimate of drug-likeness (QED) is 0.344. The number of pyridine rings is 1. The van der Waals surface area contributed by atoms with Crippen molar-refractivity contribution in [3.05, 3.63) is 107 Å². The van der Waals surface area contributed by atoms with Gasteiger partial charge in [0, 0.05) is 12.3 Å². The summed E-state index contributed by atoms with van der Waals surface area (Å²) in [4.78, 5) is 16.6. The Bertz CT molecular complexity index is 1170. The maximum Gasteiger partial charge on any atom is 0.244 e. The molecular formula is C24H20ClN3O2. The van der Waals surface area contributed by atoms with Gasteiger partial charge >= 0.3 is 0 Å². The van der Waals surface area contributed by atoms with E-state index in [9.17, 15) is 4.79 Å². The average molecular weight is 418 g/mol. The summed E-state index contributed by atoms with van der Waals surface area (Å²) in [5, 5.41) is 3.41. The lowest BCUT2D eigenvalue weighted by Crippen LogP contribution is -2.20. The zero-order valence-electron chi connectivity index (χ0n) is 16.2. The van der Waals surface area contributed by atoms with Crippen molar-refractivity contribution in [3.8, 4) is 5.75 Å². The van der Waals surface area contributed by atoms with E-state index in [1.807, 2.05) is 72.9 Å². The van der Waals surface area contributed by atoms with Crippen molar-refractivity contribution < 1.29 is 9.53 Å². The van der Waals surface area contributed by atoms with E-state index in [-0.39, 0.29) is 5.91 Å². The van der Waals surface area contributed by atoms with Gasteiger partial charge in [-0.15, -0.1) is 0 Å². The number of aromatic nitrogens is 2. The van der Waals surface area contributed by atoms with Crippen LogP contribution in [0.1, 0.15) is 16.8 Å². The number of amides is 1. The minimum absolute atomic E-state index is 0.192. The molecule has 2 heterocycles. The Morgan fingerprint density at radius 2 is 1.83 bits per heavy atom. The molecule has 150 valence electrons. The summed E-state index contributed by atoms with van der Waals surface area (Å²) in [6.07, 6.45) is 5.08. The topological polar surface area (TPSA) is 55.6 Å². The minimum Gasteiger partial charge on any atom is -0.489 e. The molecule has 1 N–H and O–H groups in total. The number of halogens is 1. The molecule has 0 spiro atoms. The summed E-state index contributed by atoms with van der Waals surface area (Å²) in [6, 6.07) is 23.1. The Morgan fingerprint density at radius 3 is 2.60 bits per heavy atom. The van der Waals surface area contributed by atoms with Gasteiger partial charge in [-0.1, -0.05) is 60.1 Å². The molecule has 2 aromatic heterocycles. The first-order chi connectivity index (χ1) is 14.7. The minimum atomic E-state index is -0.192. The molecule has 0 radical (unpaired) electrons. The highest BCUT2D eigenvalue weighted by Gasteiger charge is 2.05. The van der Waals surface area contributed by atoms with Gasteiger partial charge in [-0.25, -0.2) is 4.98 Å². The number of rotatable bonds is 7. The Labute approximate surface area is 179 Å². The van der Waals surface area contributed by atoms with Crippen LogP contribution in [0.5, 0.6) is 5.75 Å². The molecule has 0 atom stereocenters. The number of hydrogen-bond acceptors (Lipinski definition) is 3. The van der Waals surface area contributed by atoms with Crippen LogP contribution in [0.3, 0.4) is 0 Å². The largest absolute Gasteiger partial charge is 0.489 e. The van der Waals surface area contributed by atoms with Crippen molar-refractivity contribution in [3.63, 3.8) is 0 Å². The van der Waals surface area contributed by atoms with Crippen molar-refractivity contribution in [2.45, 2.75) is 13.2 Å². The lowest BCUT2D eigenvalue weighted by Gasteiger charge is -2.06. The van der Waals surface area contributed by atoms with E-state index in [2.05, 4.69) is 10.3 Å². The molecule has 0 aliphatic carbocycles. The third-order valence-corrected chi connectivity index (χ3v) is 4.80. The molecule has 0 aliphatic heterocycles. The third kappa shape index (κ3) is 5.07. The fourth-order valence-electron chi connectivity index (χ4n) is 2.94. The van der Waals surface area contributed by atoms with Gasteiger partial charge in [0.2, 0.25) is 5.91 Å². The molecule has 0 bridgehead atoms. The molecule has 4 aromatic rings. The summed E-state index contributed by atoms with van der Waals surface area (Å²) in [5.74, 6) is 0.591. The van der Waals surface area contributed by atoms with E-state index in [4.69, 9.17) is 16.3 Å². The predicted molar refractivity (Wildman–Crippen MR) is 118 cm³/mol. The van der Waals surface area contributed by atoms with E-state index < -0.39 is 0 Å². The standard InChI is InChI=1S/C24H20ClN3O2/c25-22-7-4-8-23-27-20(16-28(22)23)15-26-24(29)14-11-18-9-12-21(13-10-18)30-17-19-5-2-1-3-6-19/h1-14,16H,15,17H2,(H,26,29)/b14-11+. The molecule has 0 unspecified atom stereocenters. The Balaban J connectivity index is 1.28. The first-order valence-electron chi connectivity index (χ1n) is 9.52. The van der Waals surface area contributed by atoms with Crippen LogP contribution in [-0.4, -0.2) is 15.3 Å². The summed E-state index contributed by atoms with van der Waals surface area (Å²) < 4.78 is 7.55. The smallest absolute Gasteiger partial charge is 0.244 e. The average Bonchev–Trinajstić information content (AvgIpc) is 3.21. The molecule has 4 rings (SSSR count). The van der Waals surface area contributed by atoms with Gasteiger partial charge in [0.05, 0.1) is 12.2 Å². The number of hydrogen-bond donors (Lipinski definition) is 1. The van der Waals surface area contributed by atoms with Gasteiger partial charge in [-0.05, 0) is 41.5 Å². The fourth-order valence-corrected chi connectivity index (χ4v) is 3.15. The highest BCUT2D eigenvalue weighted by molar-refractivity contribution is 6.29. The van der Waals surface area contributed by atoms with Crippen LogP contribution < -0.4 is 10.1 Å². The van der Waals surface area contributed by atoms with Crippen LogP contribution >= 0.6 is 11.6 Å².